The van der Waals surface area contributed by atoms with E-state index in [0.29, 0.717) is 0 Å². The van der Waals surface area contributed by atoms with Gasteiger partial charge in [0, 0.05) is 12.7 Å². The van der Waals surface area contributed by atoms with Gasteiger partial charge in [-0.25, -0.2) is 0 Å². The third-order valence-corrected chi connectivity index (χ3v) is 2.51. The Bertz CT molecular complexity index is 240. The van der Waals surface area contributed by atoms with E-state index in [1.165, 1.54) is 38.5 Å². The minimum absolute atomic E-state index is 1.08. The molecule has 2 nitrogen and oxygen atoms in total. The van der Waals surface area contributed by atoms with Crippen LogP contribution in [0.5, 0.6) is 0 Å². The van der Waals surface area contributed by atoms with Crippen LogP contribution in [0.1, 0.15) is 51.1 Å². The zero-order valence-electron chi connectivity index (χ0n) is 9.50. The molecule has 1 rings (SSSR count). The molecule has 0 N–H and O–H groups in total. The Balaban J connectivity index is 1.99. The maximum atomic E-state index is 4.36. The summed E-state index contributed by atoms with van der Waals surface area (Å²) in [4.78, 5) is 0. The van der Waals surface area contributed by atoms with E-state index in [9.17, 15) is 0 Å². The fraction of sp³-hybridized carbons (Fsp3) is 0.750. The van der Waals surface area contributed by atoms with Gasteiger partial charge in [0.1, 0.15) is 0 Å². The first-order valence-corrected chi connectivity index (χ1v) is 5.83. The molecular weight excluding hydrogens is 172 g/mol. The third kappa shape index (κ3) is 4.45. The van der Waals surface area contributed by atoms with Crippen molar-refractivity contribution in [2.75, 3.05) is 0 Å². The molecule has 0 unspecified atom stereocenters. The van der Waals surface area contributed by atoms with Gasteiger partial charge in [-0.15, -0.1) is 0 Å². The first-order valence-electron chi connectivity index (χ1n) is 5.83. The van der Waals surface area contributed by atoms with Crippen LogP contribution in [0.25, 0.3) is 0 Å². The van der Waals surface area contributed by atoms with Crippen molar-refractivity contribution < 1.29 is 0 Å². The molecule has 0 radical (unpaired) electrons. The highest BCUT2D eigenvalue weighted by Crippen LogP contribution is 2.06. The first kappa shape index (κ1) is 11.3. The van der Waals surface area contributed by atoms with Crippen molar-refractivity contribution in [3.05, 3.63) is 18.0 Å². The number of aromatic nitrogens is 2. The molecule has 0 saturated heterocycles. The van der Waals surface area contributed by atoms with Crippen molar-refractivity contribution in [3.63, 3.8) is 0 Å². The molecule has 0 atom stereocenters. The number of rotatable bonds is 7. The van der Waals surface area contributed by atoms with E-state index in [0.717, 1.165) is 12.2 Å². The van der Waals surface area contributed by atoms with Gasteiger partial charge in [0.15, 0.2) is 0 Å². The quantitative estimate of drug-likeness (QED) is 0.607. The second kappa shape index (κ2) is 6.63. The summed E-state index contributed by atoms with van der Waals surface area (Å²) in [6, 6.07) is 2.07. The molecule has 80 valence electrons. The number of nitrogens with zero attached hydrogens (tertiary/aromatic N) is 2. The lowest BCUT2D eigenvalue weighted by atomic mass is 10.1. The summed E-state index contributed by atoms with van der Waals surface area (Å²) in [5.41, 5.74) is 1.12. The first-order chi connectivity index (χ1) is 6.83. The summed E-state index contributed by atoms with van der Waals surface area (Å²) in [5, 5.41) is 4.36. The molecule has 0 bridgehead atoms. The van der Waals surface area contributed by atoms with Gasteiger partial charge in [0.05, 0.1) is 5.69 Å². The summed E-state index contributed by atoms with van der Waals surface area (Å²) in [6.45, 7) is 5.38. The molecular formula is C12H22N2. The van der Waals surface area contributed by atoms with Crippen LogP contribution in [0.15, 0.2) is 12.3 Å². The summed E-state index contributed by atoms with van der Waals surface area (Å²) in [7, 11) is 0. The van der Waals surface area contributed by atoms with E-state index in [4.69, 9.17) is 0 Å². The molecule has 0 aliphatic heterocycles. The minimum Gasteiger partial charge on any atom is -0.273 e. The van der Waals surface area contributed by atoms with Crippen molar-refractivity contribution in [1.82, 2.24) is 9.78 Å². The molecule has 0 aliphatic carbocycles. The highest BCUT2D eigenvalue weighted by molar-refractivity contribution is 4.94. The Morgan fingerprint density at radius 3 is 2.50 bits per heavy atom. The van der Waals surface area contributed by atoms with Gasteiger partial charge in [-0.2, -0.15) is 5.10 Å². The van der Waals surface area contributed by atoms with Gasteiger partial charge in [0.25, 0.3) is 0 Å². The topological polar surface area (TPSA) is 17.8 Å². The minimum atomic E-state index is 1.08. The average molecular weight is 194 g/mol. The Morgan fingerprint density at radius 2 is 1.86 bits per heavy atom. The van der Waals surface area contributed by atoms with E-state index in [1.807, 2.05) is 6.92 Å². The van der Waals surface area contributed by atoms with Crippen LogP contribution in [-0.4, -0.2) is 9.78 Å². The summed E-state index contributed by atoms with van der Waals surface area (Å²) < 4.78 is 2.05. The monoisotopic (exact) mass is 194 g/mol. The van der Waals surface area contributed by atoms with Crippen molar-refractivity contribution in [2.45, 2.75) is 58.9 Å². The van der Waals surface area contributed by atoms with Crippen LogP contribution in [-0.2, 0) is 6.54 Å². The Kier molecular flexibility index (Phi) is 5.35. The van der Waals surface area contributed by atoms with Gasteiger partial charge in [-0.3, -0.25) is 4.68 Å². The Hall–Kier alpha value is -0.790. The van der Waals surface area contributed by atoms with E-state index in [2.05, 4.69) is 29.0 Å². The molecule has 0 spiro atoms. The van der Waals surface area contributed by atoms with E-state index < -0.39 is 0 Å². The molecule has 1 aromatic heterocycles. The number of hydrogen-bond donors (Lipinski definition) is 0. The predicted octanol–water partition coefficient (Wildman–Crippen LogP) is 3.55. The van der Waals surface area contributed by atoms with Crippen LogP contribution in [0.4, 0.5) is 0 Å². The lowest BCUT2D eigenvalue weighted by Gasteiger charge is -2.01. The zero-order chi connectivity index (χ0) is 10.2. The summed E-state index contributed by atoms with van der Waals surface area (Å²) in [6.07, 6.45) is 10.2. The van der Waals surface area contributed by atoms with Crippen LogP contribution >= 0.6 is 0 Å². The molecule has 1 heterocycles. The maximum Gasteiger partial charge on any atom is 0.0593 e. The lowest BCUT2D eigenvalue weighted by molar-refractivity contribution is 0.525. The summed E-state index contributed by atoms with van der Waals surface area (Å²) >= 11 is 0. The fourth-order valence-corrected chi connectivity index (χ4v) is 1.64. The predicted molar refractivity (Wildman–Crippen MR) is 60.3 cm³/mol. The molecule has 0 aromatic carbocycles. The molecule has 14 heavy (non-hydrogen) atoms. The molecule has 0 aliphatic rings. The molecule has 0 fully saturated rings. The van der Waals surface area contributed by atoms with Crippen LogP contribution in [0.3, 0.4) is 0 Å². The SMILES string of the molecule is CCCCCCCCn1ccc(C)n1. The Morgan fingerprint density at radius 1 is 1.14 bits per heavy atom. The highest BCUT2D eigenvalue weighted by Gasteiger charge is 1.94. The van der Waals surface area contributed by atoms with Crippen molar-refractivity contribution in [1.29, 1.82) is 0 Å². The third-order valence-electron chi connectivity index (χ3n) is 2.51. The molecule has 2 heteroatoms. The van der Waals surface area contributed by atoms with Gasteiger partial charge < -0.3 is 0 Å². The van der Waals surface area contributed by atoms with Gasteiger partial charge in [-0.1, -0.05) is 39.0 Å². The second-order valence-electron chi connectivity index (χ2n) is 3.99. The van der Waals surface area contributed by atoms with Gasteiger partial charge in [0.2, 0.25) is 0 Å². The average Bonchev–Trinajstić information content (AvgIpc) is 2.58. The van der Waals surface area contributed by atoms with Crippen LogP contribution in [0.2, 0.25) is 0 Å². The number of aryl methyl sites for hydroxylation is 2. The van der Waals surface area contributed by atoms with Crippen LogP contribution in [0, 0.1) is 6.92 Å². The Labute approximate surface area is 87.3 Å². The lowest BCUT2D eigenvalue weighted by Crippen LogP contribution is -1.98. The molecule has 0 amide bonds. The number of hydrogen-bond acceptors (Lipinski definition) is 1. The van der Waals surface area contributed by atoms with Gasteiger partial charge in [-0.05, 0) is 19.4 Å². The normalized spacial score (nSPS) is 10.7. The molecule has 1 aromatic rings. The van der Waals surface area contributed by atoms with E-state index in [-0.39, 0.29) is 0 Å². The smallest absolute Gasteiger partial charge is 0.0593 e. The van der Waals surface area contributed by atoms with Crippen molar-refractivity contribution in [2.24, 2.45) is 0 Å². The maximum absolute atomic E-state index is 4.36. The highest BCUT2D eigenvalue weighted by atomic mass is 15.3. The van der Waals surface area contributed by atoms with Gasteiger partial charge >= 0.3 is 0 Å². The zero-order valence-corrected chi connectivity index (χ0v) is 9.50. The summed E-state index contributed by atoms with van der Waals surface area (Å²) in [5.74, 6) is 0. The van der Waals surface area contributed by atoms with Crippen molar-refractivity contribution in [3.8, 4) is 0 Å². The van der Waals surface area contributed by atoms with Crippen LogP contribution < -0.4 is 0 Å². The van der Waals surface area contributed by atoms with Crippen molar-refractivity contribution >= 4 is 0 Å². The fourth-order valence-electron chi connectivity index (χ4n) is 1.64. The number of unbranched alkanes of at least 4 members (excludes halogenated alkanes) is 5. The second-order valence-corrected chi connectivity index (χ2v) is 3.99. The molecule has 0 saturated carbocycles. The largest absolute Gasteiger partial charge is 0.273 e. The van der Waals surface area contributed by atoms with E-state index >= 15 is 0 Å². The standard InChI is InChI=1S/C12H22N2/c1-3-4-5-6-7-8-10-14-11-9-12(2)13-14/h9,11H,3-8,10H2,1-2H3. The van der Waals surface area contributed by atoms with E-state index in [1.54, 1.807) is 0 Å².